The molecule has 6 nitrogen and oxygen atoms in total. The average Bonchev–Trinajstić information content (AvgIpc) is 2.71. The van der Waals surface area contributed by atoms with E-state index in [0.717, 1.165) is 12.8 Å². The monoisotopic (exact) mass is 409 g/mol. The van der Waals surface area contributed by atoms with E-state index in [2.05, 4.69) is 27.4 Å². The molecule has 30 heavy (non-hydrogen) atoms. The maximum atomic E-state index is 14.3. The first-order valence-corrected chi connectivity index (χ1v) is 9.66. The SMILES string of the molecule is CC1CC(CNc2ccc(-c3cc(C(N)=O)ccc3F)nn2)(c2ncccc2F)C1. The van der Waals surface area contributed by atoms with E-state index in [-0.39, 0.29) is 22.6 Å². The molecule has 1 amide bonds. The van der Waals surface area contributed by atoms with E-state index < -0.39 is 17.1 Å². The number of carbonyl (C=O) groups is 1. The number of rotatable bonds is 6. The summed E-state index contributed by atoms with van der Waals surface area (Å²) in [5, 5.41) is 11.4. The minimum atomic E-state index is -0.649. The summed E-state index contributed by atoms with van der Waals surface area (Å²) in [5.41, 5.74) is 5.94. The highest BCUT2D eigenvalue weighted by Crippen LogP contribution is 2.47. The Labute approximate surface area is 172 Å². The summed E-state index contributed by atoms with van der Waals surface area (Å²) in [6, 6.07) is 10.1. The highest BCUT2D eigenvalue weighted by atomic mass is 19.1. The van der Waals surface area contributed by atoms with Crippen LogP contribution in [0.3, 0.4) is 0 Å². The molecule has 2 aromatic heterocycles. The van der Waals surface area contributed by atoms with Gasteiger partial charge < -0.3 is 11.1 Å². The van der Waals surface area contributed by atoms with Gasteiger partial charge in [0.1, 0.15) is 17.5 Å². The predicted molar refractivity (Wildman–Crippen MR) is 109 cm³/mol. The Balaban J connectivity index is 1.52. The van der Waals surface area contributed by atoms with Crippen LogP contribution in [0.5, 0.6) is 0 Å². The van der Waals surface area contributed by atoms with Gasteiger partial charge in [-0.15, -0.1) is 10.2 Å². The molecule has 1 aromatic carbocycles. The second kappa shape index (κ2) is 7.78. The van der Waals surface area contributed by atoms with Gasteiger partial charge >= 0.3 is 0 Å². The summed E-state index contributed by atoms with van der Waals surface area (Å²) in [6.45, 7) is 2.59. The normalized spacial score (nSPS) is 20.4. The summed E-state index contributed by atoms with van der Waals surface area (Å²) in [4.78, 5) is 15.6. The third-order valence-corrected chi connectivity index (χ3v) is 5.54. The lowest BCUT2D eigenvalue weighted by Gasteiger charge is -2.46. The Morgan fingerprint density at radius 3 is 2.60 bits per heavy atom. The first kappa shape index (κ1) is 19.9. The Morgan fingerprint density at radius 1 is 1.17 bits per heavy atom. The lowest BCUT2D eigenvalue weighted by Crippen LogP contribution is -2.47. The second-order valence-corrected chi connectivity index (χ2v) is 7.84. The summed E-state index contributed by atoms with van der Waals surface area (Å²) in [5.74, 6) is -0.507. The molecule has 3 N–H and O–H groups in total. The zero-order valence-electron chi connectivity index (χ0n) is 16.4. The van der Waals surface area contributed by atoms with E-state index in [9.17, 15) is 13.6 Å². The fourth-order valence-corrected chi connectivity index (χ4v) is 4.18. The molecule has 2 heterocycles. The van der Waals surface area contributed by atoms with Gasteiger partial charge in [-0.2, -0.15) is 0 Å². The van der Waals surface area contributed by atoms with E-state index in [1.807, 2.05) is 0 Å². The molecule has 0 atom stereocenters. The van der Waals surface area contributed by atoms with Crippen molar-refractivity contribution in [1.82, 2.24) is 15.2 Å². The van der Waals surface area contributed by atoms with Crippen LogP contribution in [-0.4, -0.2) is 27.6 Å². The molecular formula is C22H21F2N5O. The predicted octanol–water partition coefficient (Wildman–Crippen LogP) is 3.70. The minimum absolute atomic E-state index is 0.144. The number of amides is 1. The van der Waals surface area contributed by atoms with Gasteiger partial charge in [0.05, 0.1) is 11.4 Å². The van der Waals surface area contributed by atoms with E-state index in [4.69, 9.17) is 5.73 Å². The number of aromatic nitrogens is 3. The standard InChI is InChI=1S/C22H21F2N5O/c1-13-10-22(11-13,20-17(24)3-2-8-26-20)12-27-19-7-6-18(28-29-19)15-9-14(21(25)30)4-5-16(15)23/h2-9,13H,10-12H2,1H3,(H2,25,30)(H,27,29). The number of pyridine rings is 1. The molecule has 1 saturated carbocycles. The molecule has 8 heteroatoms. The Morgan fingerprint density at radius 2 is 1.97 bits per heavy atom. The van der Waals surface area contributed by atoms with Crippen molar-refractivity contribution < 1.29 is 13.6 Å². The van der Waals surface area contributed by atoms with E-state index in [1.165, 1.54) is 24.3 Å². The third-order valence-electron chi connectivity index (χ3n) is 5.54. The molecular weight excluding hydrogens is 388 g/mol. The Hall–Kier alpha value is -3.42. The van der Waals surface area contributed by atoms with Gasteiger partial charge in [0, 0.05) is 29.3 Å². The van der Waals surface area contributed by atoms with Crippen molar-refractivity contribution in [2.24, 2.45) is 11.7 Å². The van der Waals surface area contributed by atoms with Crippen molar-refractivity contribution in [1.29, 1.82) is 0 Å². The average molecular weight is 409 g/mol. The molecule has 1 fully saturated rings. The maximum absolute atomic E-state index is 14.3. The van der Waals surface area contributed by atoms with Crippen LogP contribution in [0.15, 0.2) is 48.7 Å². The van der Waals surface area contributed by atoms with E-state index >= 15 is 0 Å². The van der Waals surface area contributed by atoms with Gasteiger partial charge in [-0.1, -0.05) is 6.92 Å². The molecule has 0 unspecified atom stereocenters. The van der Waals surface area contributed by atoms with Gasteiger partial charge in [-0.25, -0.2) is 8.78 Å². The van der Waals surface area contributed by atoms with Crippen LogP contribution < -0.4 is 11.1 Å². The van der Waals surface area contributed by atoms with E-state index in [0.29, 0.717) is 24.0 Å². The number of primary amides is 1. The lowest BCUT2D eigenvalue weighted by atomic mass is 9.60. The van der Waals surface area contributed by atoms with Crippen LogP contribution >= 0.6 is 0 Å². The fourth-order valence-electron chi connectivity index (χ4n) is 4.18. The number of nitrogens with zero attached hydrogens (tertiary/aromatic N) is 3. The topological polar surface area (TPSA) is 93.8 Å². The van der Waals surface area contributed by atoms with Crippen molar-refractivity contribution in [2.75, 3.05) is 11.9 Å². The lowest BCUT2D eigenvalue weighted by molar-refractivity contribution is 0.100. The van der Waals surface area contributed by atoms with Crippen molar-refractivity contribution in [3.63, 3.8) is 0 Å². The summed E-state index contributed by atoms with van der Waals surface area (Å²) >= 11 is 0. The largest absolute Gasteiger partial charge is 0.368 e. The van der Waals surface area contributed by atoms with Crippen LogP contribution in [0.2, 0.25) is 0 Å². The molecule has 1 aliphatic carbocycles. The number of hydrogen-bond donors (Lipinski definition) is 2. The van der Waals surface area contributed by atoms with Crippen molar-refractivity contribution in [3.05, 3.63) is 71.6 Å². The Kier molecular flexibility index (Phi) is 5.15. The highest BCUT2D eigenvalue weighted by molar-refractivity contribution is 5.94. The number of benzene rings is 1. The number of hydrogen-bond acceptors (Lipinski definition) is 5. The Bertz CT molecular complexity index is 1080. The summed E-state index contributed by atoms with van der Waals surface area (Å²) in [7, 11) is 0. The molecule has 0 spiro atoms. The number of nitrogens with one attached hydrogen (secondary N) is 1. The van der Waals surface area contributed by atoms with Gasteiger partial charge in [0.15, 0.2) is 0 Å². The van der Waals surface area contributed by atoms with Gasteiger partial charge in [-0.3, -0.25) is 9.78 Å². The van der Waals surface area contributed by atoms with Crippen LogP contribution in [0.4, 0.5) is 14.6 Å². The number of nitrogens with two attached hydrogens (primary N) is 1. The molecule has 3 aromatic rings. The molecule has 1 aliphatic rings. The summed E-state index contributed by atoms with van der Waals surface area (Å²) in [6.07, 6.45) is 3.25. The van der Waals surface area contributed by atoms with Crippen LogP contribution in [0.1, 0.15) is 35.8 Å². The fraction of sp³-hybridized carbons (Fsp3) is 0.273. The highest BCUT2D eigenvalue weighted by Gasteiger charge is 2.46. The molecule has 0 saturated heterocycles. The third kappa shape index (κ3) is 3.72. The van der Waals surface area contributed by atoms with Crippen LogP contribution in [0.25, 0.3) is 11.3 Å². The molecule has 0 bridgehead atoms. The number of anilines is 1. The van der Waals surface area contributed by atoms with Crippen molar-refractivity contribution in [3.8, 4) is 11.3 Å². The molecule has 154 valence electrons. The summed E-state index contributed by atoms with van der Waals surface area (Å²) < 4.78 is 28.5. The maximum Gasteiger partial charge on any atom is 0.248 e. The smallest absolute Gasteiger partial charge is 0.248 e. The molecule has 4 rings (SSSR count). The van der Waals surface area contributed by atoms with Gasteiger partial charge in [0.25, 0.3) is 0 Å². The zero-order chi connectivity index (χ0) is 21.3. The van der Waals surface area contributed by atoms with Gasteiger partial charge in [-0.05, 0) is 61.2 Å². The first-order valence-electron chi connectivity index (χ1n) is 9.66. The quantitative estimate of drug-likeness (QED) is 0.648. The molecule has 0 radical (unpaired) electrons. The molecule has 0 aliphatic heterocycles. The van der Waals surface area contributed by atoms with Crippen molar-refractivity contribution >= 4 is 11.7 Å². The number of carbonyl (C=O) groups excluding carboxylic acids is 1. The van der Waals surface area contributed by atoms with Gasteiger partial charge in [0.2, 0.25) is 5.91 Å². The van der Waals surface area contributed by atoms with Crippen LogP contribution in [-0.2, 0) is 5.41 Å². The zero-order valence-corrected chi connectivity index (χ0v) is 16.4. The van der Waals surface area contributed by atoms with Crippen molar-refractivity contribution in [2.45, 2.75) is 25.2 Å². The number of halogens is 2. The minimum Gasteiger partial charge on any atom is -0.368 e. The van der Waals surface area contributed by atoms with Crippen LogP contribution in [0, 0.1) is 17.6 Å². The second-order valence-electron chi connectivity index (χ2n) is 7.84. The van der Waals surface area contributed by atoms with E-state index in [1.54, 1.807) is 24.4 Å². The first-order chi connectivity index (χ1) is 14.4.